The topological polar surface area (TPSA) is 53.9 Å². The lowest BCUT2D eigenvalue weighted by atomic mass is 10.1. The Balaban J connectivity index is 1.33. The summed E-state index contributed by atoms with van der Waals surface area (Å²) in [4.78, 5) is 6.88. The van der Waals surface area contributed by atoms with Crippen LogP contribution in [0.15, 0.2) is 60.8 Å². The molecule has 138 valence electrons. The maximum atomic E-state index is 13.9. The van der Waals surface area contributed by atoms with E-state index in [0.717, 1.165) is 32.6 Å². The van der Waals surface area contributed by atoms with E-state index < -0.39 is 0 Å². The van der Waals surface area contributed by atoms with Crippen molar-refractivity contribution in [2.24, 2.45) is 5.92 Å². The lowest BCUT2D eigenvalue weighted by molar-refractivity contribution is 0.319. The van der Waals surface area contributed by atoms with Gasteiger partial charge in [-0.2, -0.15) is 5.10 Å². The first-order chi connectivity index (χ1) is 13.3. The highest BCUT2D eigenvalue weighted by Crippen LogP contribution is 2.21. The zero-order valence-corrected chi connectivity index (χ0v) is 15.1. The van der Waals surface area contributed by atoms with E-state index in [4.69, 9.17) is 0 Å². The third kappa shape index (κ3) is 4.46. The van der Waals surface area contributed by atoms with E-state index in [-0.39, 0.29) is 5.82 Å². The second-order valence-electron chi connectivity index (χ2n) is 6.90. The molecule has 0 saturated carbocycles. The van der Waals surface area contributed by atoms with Crippen molar-refractivity contribution < 1.29 is 4.39 Å². The molecule has 27 heavy (non-hydrogen) atoms. The molecule has 2 aromatic carbocycles. The number of hydrogen-bond acceptors (Lipinski definition) is 5. The van der Waals surface area contributed by atoms with E-state index in [0.29, 0.717) is 23.1 Å². The van der Waals surface area contributed by atoms with E-state index in [1.54, 1.807) is 18.2 Å². The molecule has 0 unspecified atom stereocenters. The molecular weight excluding hydrogens is 341 g/mol. The molecule has 0 bridgehead atoms. The van der Waals surface area contributed by atoms with Gasteiger partial charge in [-0.1, -0.05) is 42.5 Å². The van der Waals surface area contributed by atoms with Crippen molar-refractivity contribution in [1.29, 1.82) is 0 Å². The molecule has 0 spiro atoms. The van der Waals surface area contributed by atoms with Crippen LogP contribution in [0.3, 0.4) is 0 Å². The van der Waals surface area contributed by atoms with Crippen molar-refractivity contribution in [3.05, 3.63) is 72.2 Å². The Morgan fingerprint density at radius 3 is 2.74 bits per heavy atom. The van der Waals surface area contributed by atoms with Crippen LogP contribution in [0.5, 0.6) is 0 Å². The van der Waals surface area contributed by atoms with Crippen molar-refractivity contribution in [2.75, 3.05) is 25.0 Å². The lowest BCUT2D eigenvalue weighted by Gasteiger charge is -2.16. The molecular formula is C21H22FN5. The van der Waals surface area contributed by atoms with Crippen molar-refractivity contribution in [1.82, 2.24) is 20.1 Å². The third-order valence-electron chi connectivity index (χ3n) is 4.88. The van der Waals surface area contributed by atoms with E-state index in [2.05, 4.69) is 49.7 Å². The van der Waals surface area contributed by atoms with E-state index in [9.17, 15) is 4.39 Å². The molecule has 1 aromatic heterocycles. The molecule has 5 nitrogen and oxygen atoms in total. The zero-order chi connectivity index (χ0) is 18.5. The highest BCUT2D eigenvalue weighted by atomic mass is 19.1. The third-order valence-corrected chi connectivity index (χ3v) is 4.88. The molecule has 1 fully saturated rings. The summed E-state index contributed by atoms with van der Waals surface area (Å²) in [5, 5.41) is 11.3. The molecule has 0 amide bonds. The summed E-state index contributed by atoms with van der Waals surface area (Å²) in [7, 11) is 0. The minimum absolute atomic E-state index is 0.309. The van der Waals surface area contributed by atoms with Gasteiger partial charge in [-0.3, -0.25) is 4.90 Å². The van der Waals surface area contributed by atoms with Gasteiger partial charge in [0.25, 0.3) is 0 Å². The Labute approximate surface area is 158 Å². The fourth-order valence-corrected chi connectivity index (χ4v) is 3.48. The van der Waals surface area contributed by atoms with Crippen LogP contribution in [0.2, 0.25) is 0 Å². The Bertz CT molecular complexity index is 887. The van der Waals surface area contributed by atoms with Crippen molar-refractivity contribution in [3.63, 3.8) is 0 Å². The highest BCUT2D eigenvalue weighted by molar-refractivity contribution is 5.59. The van der Waals surface area contributed by atoms with Gasteiger partial charge in [0.15, 0.2) is 0 Å². The predicted octanol–water partition coefficient (Wildman–Crippen LogP) is 3.61. The highest BCUT2D eigenvalue weighted by Gasteiger charge is 2.22. The average molecular weight is 363 g/mol. The maximum absolute atomic E-state index is 13.9. The fraction of sp³-hybridized carbons (Fsp3) is 0.286. The first kappa shape index (κ1) is 17.5. The zero-order valence-electron chi connectivity index (χ0n) is 15.1. The number of nitrogens with one attached hydrogen (secondary N) is 1. The van der Waals surface area contributed by atoms with Gasteiger partial charge in [0.1, 0.15) is 5.82 Å². The Morgan fingerprint density at radius 1 is 1.07 bits per heavy atom. The van der Waals surface area contributed by atoms with Gasteiger partial charge in [-0.15, -0.1) is 5.10 Å². The fourth-order valence-electron chi connectivity index (χ4n) is 3.48. The molecule has 1 atom stereocenters. The van der Waals surface area contributed by atoms with Crippen LogP contribution >= 0.6 is 0 Å². The molecule has 1 saturated heterocycles. The van der Waals surface area contributed by atoms with Gasteiger partial charge in [0, 0.05) is 25.2 Å². The summed E-state index contributed by atoms with van der Waals surface area (Å²) in [5.74, 6) is 0.669. The van der Waals surface area contributed by atoms with Crippen molar-refractivity contribution in [3.8, 4) is 11.3 Å². The molecule has 1 aliphatic rings. The van der Waals surface area contributed by atoms with E-state index in [1.807, 2.05) is 6.07 Å². The van der Waals surface area contributed by atoms with Crippen molar-refractivity contribution >= 4 is 5.95 Å². The number of halogens is 1. The monoisotopic (exact) mass is 363 g/mol. The van der Waals surface area contributed by atoms with E-state index in [1.165, 1.54) is 17.8 Å². The van der Waals surface area contributed by atoms with Crippen LogP contribution in [-0.4, -0.2) is 39.7 Å². The second-order valence-corrected chi connectivity index (χ2v) is 6.90. The van der Waals surface area contributed by atoms with Gasteiger partial charge in [0.2, 0.25) is 5.95 Å². The predicted molar refractivity (Wildman–Crippen MR) is 104 cm³/mol. The summed E-state index contributed by atoms with van der Waals surface area (Å²) in [6.07, 6.45) is 2.63. The number of aromatic nitrogens is 3. The normalized spacial score (nSPS) is 17.1. The summed E-state index contributed by atoms with van der Waals surface area (Å²) in [5.41, 5.74) is 2.27. The summed E-state index contributed by atoms with van der Waals surface area (Å²) < 4.78 is 13.9. The molecule has 6 heteroatoms. The molecule has 4 rings (SSSR count). The first-order valence-corrected chi connectivity index (χ1v) is 9.23. The number of hydrogen-bond donors (Lipinski definition) is 1. The summed E-state index contributed by atoms with van der Waals surface area (Å²) >= 11 is 0. The quantitative estimate of drug-likeness (QED) is 0.725. The summed E-state index contributed by atoms with van der Waals surface area (Å²) in [6, 6.07) is 17.1. The van der Waals surface area contributed by atoms with Crippen LogP contribution in [0.4, 0.5) is 10.3 Å². The number of likely N-dealkylation sites (tertiary alicyclic amines) is 1. The number of rotatable bonds is 6. The SMILES string of the molecule is Fc1ccccc1-c1cnnc(NC[C@@H]2CCN(Cc3ccccc3)C2)n1. The van der Waals surface area contributed by atoms with Crippen molar-refractivity contribution in [2.45, 2.75) is 13.0 Å². The molecule has 0 aliphatic carbocycles. The largest absolute Gasteiger partial charge is 0.353 e. The number of benzene rings is 2. The Morgan fingerprint density at radius 2 is 1.89 bits per heavy atom. The second kappa shape index (κ2) is 8.22. The van der Waals surface area contributed by atoms with Gasteiger partial charge in [-0.25, -0.2) is 9.37 Å². The van der Waals surface area contributed by atoms with E-state index >= 15 is 0 Å². The molecule has 1 N–H and O–H groups in total. The maximum Gasteiger partial charge on any atom is 0.243 e. The Hall–Kier alpha value is -2.86. The minimum atomic E-state index is -0.309. The molecule has 0 radical (unpaired) electrons. The minimum Gasteiger partial charge on any atom is -0.353 e. The van der Waals surface area contributed by atoms with Crippen LogP contribution in [0.25, 0.3) is 11.3 Å². The smallest absolute Gasteiger partial charge is 0.243 e. The van der Waals surface area contributed by atoms with Gasteiger partial charge in [0.05, 0.1) is 11.9 Å². The van der Waals surface area contributed by atoms with Crippen LogP contribution in [0, 0.1) is 11.7 Å². The molecule has 3 aromatic rings. The van der Waals surface area contributed by atoms with Crippen LogP contribution < -0.4 is 5.32 Å². The van der Waals surface area contributed by atoms with Gasteiger partial charge >= 0.3 is 0 Å². The number of anilines is 1. The molecule has 2 heterocycles. The average Bonchev–Trinajstić information content (AvgIpc) is 3.15. The van der Waals surface area contributed by atoms with Gasteiger partial charge in [-0.05, 0) is 36.6 Å². The summed E-state index contributed by atoms with van der Waals surface area (Å²) in [6.45, 7) is 3.91. The van der Waals surface area contributed by atoms with Crippen LogP contribution in [0.1, 0.15) is 12.0 Å². The first-order valence-electron chi connectivity index (χ1n) is 9.23. The number of nitrogens with zero attached hydrogens (tertiary/aromatic N) is 4. The lowest BCUT2D eigenvalue weighted by Crippen LogP contribution is -2.23. The molecule has 1 aliphatic heterocycles. The standard InChI is InChI=1S/C21H22FN5/c22-19-9-5-4-8-18(19)20-13-24-26-21(25-20)23-12-17-10-11-27(15-17)14-16-6-2-1-3-7-16/h1-9,13,17H,10-12,14-15H2,(H,23,25,26)/t17-/m0/s1. The Kier molecular flexibility index (Phi) is 5.34. The van der Waals surface area contributed by atoms with Gasteiger partial charge < -0.3 is 5.32 Å². The van der Waals surface area contributed by atoms with Crippen LogP contribution in [-0.2, 0) is 6.54 Å².